The van der Waals surface area contributed by atoms with Crippen molar-refractivity contribution in [1.29, 1.82) is 0 Å². The number of methoxy groups -OCH3 is 1. The topological polar surface area (TPSA) is 130 Å². The van der Waals surface area contributed by atoms with Crippen molar-refractivity contribution in [3.63, 3.8) is 0 Å². The second-order valence-electron chi connectivity index (χ2n) is 5.56. The summed E-state index contributed by atoms with van der Waals surface area (Å²) in [6, 6.07) is 5.58. The lowest BCUT2D eigenvalue weighted by atomic mass is 10.1. The summed E-state index contributed by atoms with van der Waals surface area (Å²) in [6.07, 6.45) is 0.281. The number of carbonyl (C=O) groups excluding carboxylic acids is 2. The number of rotatable bonds is 9. The molecule has 1 N–H and O–H groups in total. The number of ether oxygens (including phenoxy) is 3. The lowest BCUT2D eigenvalue weighted by molar-refractivity contribution is -0.385. The molecule has 0 aliphatic carbocycles. The lowest BCUT2D eigenvalue weighted by Gasteiger charge is -2.14. The molecule has 2 rings (SSSR count). The first-order valence-corrected chi connectivity index (χ1v) is 8.37. The van der Waals surface area contributed by atoms with Crippen LogP contribution in [-0.4, -0.2) is 36.6 Å². The molecule has 0 saturated carbocycles. The lowest BCUT2D eigenvalue weighted by Crippen LogP contribution is -2.35. The first-order valence-electron chi connectivity index (χ1n) is 8.37. The van der Waals surface area contributed by atoms with Gasteiger partial charge in [-0.1, -0.05) is 0 Å². The largest absolute Gasteiger partial charge is 0.493 e. The van der Waals surface area contributed by atoms with Gasteiger partial charge in [-0.25, -0.2) is 4.79 Å². The predicted molar refractivity (Wildman–Crippen MR) is 96.2 cm³/mol. The Morgan fingerprint density at radius 3 is 2.64 bits per heavy atom. The van der Waals surface area contributed by atoms with Crippen molar-refractivity contribution in [1.82, 2.24) is 5.32 Å². The maximum atomic E-state index is 12.4. The molecule has 0 fully saturated rings. The molecule has 10 heteroatoms. The van der Waals surface area contributed by atoms with Crippen LogP contribution in [0.1, 0.15) is 30.0 Å². The van der Waals surface area contributed by atoms with Crippen molar-refractivity contribution in [2.24, 2.45) is 0 Å². The molecule has 1 aromatic carbocycles. The van der Waals surface area contributed by atoms with Crippen LogP contribution in [0.3, 0.4) is 0 Å². The standard InChI is InChI=1S/C18H20N2O8/c1-4-26-16-9-14(20(23)24)13(8-15(16)25-3)18(22)28-11(2)17(21)19-10-12-6-5-7-27-12/h5-9,11H,4,10H2,1-3H3,(H,19,21)/t11-/m0/s1. The fourth-order valence-electron chi connectivity index (χ4n) is 2.30. The maximum absolute atomic E-state index is 12.4. The number of nitrogens with zero attached hydrogens (tertiary/aromatic N) is 1. The zero-order valence-electron chi connectivity index (χ0n) is 15.6. The highest BCUT2D eigenvalue weighted by molar-refractivity contribution is 5.96. The molecule has 0 unspecified atom stereocenters. The number of furan rings is 1. The smallest absolute Gasteiger partial charge is 0.346 e. The van der Waals surface area contributed by atoms with Crippen LogP contribution in [-0.2, 0) is 16.1 Å². The summed E-state index contributed by atoms with van der Waals surface area (Å²) in [6.45, 7) is 3.43. The Bertz CT molecular complexity index is 848. The van der Waals surface area contributed by atoms with E-state index in [1.54, 1.807) is 19.1 Å². The molecule has 0 aliphatic heterocycles. The minimum absolute atomic E-state index is 0.116. The van der Waals surface area contributed by atoms with Crippen LogP contribution in [0.4, 0.5) is 5.69 Å². The van der Waals surface area contributed by atoms with Crippen molar-refractivity contribution >= 4 is 17.6 Å². The molecule has 0 spiro atoms. The van der Waals surface area contributed by atoms with Crippen LogP contribution >= 0.6 is 0 Å². The predicted octanol–water partition coefficient (Wildman–Crippen LogP) is 2.46. The fraction of sp³-hybridized carbons (Fsp3) is 0.333. The van der Waals surface area contributed by atoms with Crippen LogP contribution < -0.4 is 14.8 Å². The molecule has 1 heterocycles. The van der Waals surface area contributed by atoms with E-state index < -0.39 is 28.6 Å². The van der Waals surface area contributed by atoms with Crippen LogP contribution in [0.15, 0.2) is 34.9 Å². The summed E-state index contributed by atoms with van der Waals surface area (Å²) in [5.41, 5.74) is -0.867. The molecule has 0 saturated heterocycles. The Morgan fingerprint density at radius 2 is 2.07 bits per heavy atom. The average molecular weight is 392 g/mol. The second-order valence-corrected chi connectivity index (χ2v) is 5.56. The molecular weight excluding hydrogens is 372 g/mol. The van der Waals surface area contributed by atoms with Gasteiger partial charge in [0.15, 0.2) is 17.6 Å². The van der Waals surface area contributed by atoms with E-state index in [1.807, 2.05) is 0 Å². The zero-order valence-corrected chi connectivity index (χ0v) is 15.6. The van der Waals surface area contributed by atoms with Crippen molar-refractivity contribution in [2.75, 3.05) is 13.7 Å². The Kier molecular flexibility index (Phi) is 6.96. The van der Waals surface area contributed by atoms with Gasteiger partial charge < -0.3 is 23.9 Å². The van der Waals surface area contributed by atoms with E-state index in [0.717, 1.165) is 12.1 Å². The normalized spacial score (nSPS) is 11.4. The van der Waals surface area contributed by atoms with E-state index in [2.05, 4.69) is 5.32 Å². The highest BCUT2D eigenvalue weighted by atomic mass is 16.6. The van der Waals surface area contributed by atoms with Gasteiger partial charge >= 0.3 is 5.97 Å². The number of amides is 1. The van der Waals surface area contributed by atoms with E-state index >= 15 is 0 Å². The first kappa shape index (κ1) is 20.7. The van der Waals surface area contributed by atoms with Crippen LogP contribution in [0.5, 0.6) is 11.5 Å². The minimum atomic E-state index is -1.18. The number of nitrogens with one attached hydrogen (secondary N) is 1. The molecule has 0 bridgehead atoms. The fourth-order valence-corrected chi connectivity index (χ4v) is 2.30. The Morgan fingerprint density at radius 1 is 1.32 bits per heavy atom. The summed E-state index contributed by atoms with van der Waals surface area (Å²) in [5.74, 6) is -0.829. The molecular formula is C18H20N2O8. The van der Waals surface area contributed by atoms with E-state index in [4.69, 9.17) is 18.6 Å². The summed E-state index contributed by atoms with van der Waals surface area (Å²) < 4.78 is 20.6. The Hall–Kier alpha value is -3.56. The van der Waals surface area contributed by atoms with Crippen LogP contribution in [0.2, 0.25) is 0 Å². The molecule has 2 aromatic rings. The zero-order chi connectivity index (χ0) is 20.7. The number of benzene rings is 1. The van der Waals surface area contributed by atoms with Gasteiger partial charge in [-0.05, 0) is 26.0 Å². The van der Waals surface area contributed by atoms with Gasteiger partial charge in [-0.15, -0.1) is 0 Å². The number of nitro benzene ring substituents is 1. The van der Waals surface area contributed by atoms with Gasteiger partial charge in [0.1, 0.15) is 11.3 Å². The molecule has 1 atom stereocenters. The molecule has 0 aliphatic rings. The minimum Gasteiger partial charge on any atom is -0.493 e. The number of esters is 1. The van der Waals surface area contributed by atoms with Crippen molar-refractivity contribution in [3.8, 4) is 11.5 Å². The van der Waals surface area contributed by atoms with Crippen LogP contribution in [0, 0.1) is 10.1 Å². The summed E-state index contributed by atoms with van der Waals surface area (Å²) in [7, 11) is 1.34. The average Bonchev–Trinajstić information content (AvgIpc) is 3.19. The number of nitro groups is 1. The highest BCUT2D eigenvalue weighted by Crippen LogP contribution is 2.35. The van der Waals surface area contributed by atoms with Crippen LogP contribution in [0.25, 0.3) is 0 Å². The van der Waals surface area contributed by atoms with Gasteiger partial charge in [0.25, 0.3) is 11.6 Å². The molecule has 28 heavy (non-hydrogen) atoms. The molecule has 0 radical (unpaired) electrons. The molecule has 150 valence electrons. The van der Waals surface area contributed by atoms with Crippen molar-refractivity contribution in [3.05, 3.63) is 52.0 Å². The molecule has 1 aromatic heterocycles. The SMILES string of the molecule is CCOc1cc([N+](=O)[O-])c(C(=O)O[C@@H](C)C(=O)NCc2ccco2)cc1OC. The number of hydrogen-bond donors (Lipinski definition) is 1. The van der Waals surface area contributed by atoms with Gasteiger partial charge in [0, 0.05) is 6.07 Å². The monoisotopic (exact) mass is 392 g/mol. The third-order valence-corrected chi connectivity index (χ3v) is 3.67. The van der Waals surface area contributed by atoms with Gasteiger partial charge in [0.05, 0.1) is 37.5 Å². The van der Waals surface area contributed by atoms with Crippen molar-refractivity contribution < 1.29 is 33.1 Å². The van der Waals surface area contributed by atoms with Gasteiger partial charge in [-0.2, -0.15) is 0 Å². The number of carbonyl (C=O) groups is 2. The summed E-state index contributed by atoms with van der Waals surface area (Å²) >= 11 is 0. The quantitative estimate of drug-likeness (QED) is 0.391. The van der Waals surface area contributed by atoms with Gasteiger partial charge in [0.2, 0.25) is 0 Å². The number of hydrogen-bond acceptors (Lipinski definition) is 8. The maximum Gasteiger partial charge on any atom is 0.346 e. The molecule has 1 amide bonds. The molecule has 10 nitrogen and oxygen atoms in total. The summed E-state index contributed by atoms with van der Waals surface area (Å²) in [4.78, 5) is 35.1. The Labute approximate surface area is 160 Å². The van der Waals surface area contributed by atoms with E-state index in [9.17, 15) is 19.7 Å². The highest BCUT2D eigenvalue weighted by Gasteiger charge is 2.28. The second kappa shape index (κ2) is 9.40. The van der Waals surface area contributed by atoms with Crippen molar-refractivity contribution in [2.45, 2.75) is 26.5 Å². The Balaban J connectivity index is 2.15. The van der Waals surface area contributed by atoms with E-state index in [0.29, 0.717) is 5.76 Å². The van der Waals surface area contributed by atoms with E-state index in [-0.39, 0.29) is 30.2 Å². The third-order valence-electron chi connectivity index (χ3n) is 3.67. The summed E-state index contributed by atoms with van der Waals surface area (Å²) in [5, 5.41) is 13.9. The first-order chi connectivity index (χ1) is 13.4. The van der Waals surface area contributed by atoms with Gasteiger partial charge in [-0.3, -0.25) is 14.9 Å². The third kappa shape index (κ3) is 5.00. The van der Waals surface area contributed by atoms with E-state index in [1.165, 1.54) is 20.3 Å².